The first-order valence-corrected chi connectivity index (χ1v) is 9.08. The van der Waals surface area contributed by atoms with Crippen molar-refractivity contribution in [2.45, 2.75) is 46.5 Å². The second kappa shape index (κ2) is 11.4. The summed E-state index contributed by atoms with van der Waals surface area (Å²) in [5, 5.41) is 5.88. The quantitative estimate of drug-likeness (QED) is 0.340. The molecule has 0 spiro atoms. The molecule has 0 aliphatic heterocycles. The fourth-order valence-corrected chi connectivity index (χ4v) is 2.35. The third-order valence-electron chi connectivity index (χ3n) is 3.90. The van der Waals surface area contributed by atoms with Crippen LogP contribution in [0.15, 0.2) is 24.3 Å². The second-order valence-electron chi connectivity index (χ2n) is 6.03. The van der Waals surface area contributed by atoms with E-state index in [-0.39, 0.29) is 0 Å². The summed E-state index contributed by atoms with van der Waals surface area (Å²) in [6, 6.07) is 7.18. The van der Waals surface area contributed by atoms with Crippen molar-refractivity contribution >= 4 is 34.8 Å². The largest absolute Gasteiger partial charge is 0.361 e. The number of benzene rings is 1. The predicted molar refractivity (Wildman–Crippen MR) is 105 cm³/mol. The summed E-state index contributed by atoms with van der Waals surface area (Å²) in [5.41, 5.74) is 6.48. The van der Waals surface area contributed by atoms with Gasteiger partial charge in [-0.2, -0.15) is 0 Å². The molecule has 6 nitrogen and oxygen atoms in total. The minimum Gasteiger partial charge on any atom is -0.361 e. The van der Waals surface area contributed by atoms with Crippen LogP contribution in [0.25, 0.3) is 0 Å². The molecule has 0 saturated heterocycles. The van der Waals surface area contributed by atoms with E-state index in [2.05, 4.69) is 35.3 Å². The van der Waals surface area contributed by atoms with Gasteiger partial charge in [-0.25, -0.2) is 0 Å². The standard InChI is InChI=1S/C18H28N4O2S/c1-4-6-7-14(5-2)12-19-18(25)22-21-17(24)16(23)20-15-10-8-13(3)9-11-15/h8-11,14H,4-7,12H2,1-3H3,(H,20,23)(H,21,24)(H2,19,22,25)/t14-/m1/s1. The summed E-state index contributed by atoms with van der Waals surface area (Å²) in [6.45, 7) is 7.01. The normalized spacial score (nSPS) is 11.3. The number of thiocarbonyl (C=S) groups is 1. The zero-order chi connectivity index (χ0) is 18.7. The van der Waals surface area contributed by atoms with E-state index in [4.69, 9.17) is 12.2 Å². The molecule has 0 bridgehead atoms. The van der Waals surface area contributed by atoms with Gasteiger partial charge in [0.05, 0.1) is 0 Å². The average Bonchev–Trinajstić information content (AvgIpc) is 2.61. The zero-order valence-corrected chi connectivity index (χ0v) is 16.0. The summed E-state index contributed by atoms with van der Waals surface area (Å²) in [7, 11) is 0. The predicted octanol–water partition coefficient (Wildman–Crippen LogP) is 2.65. The second-order valence-corrected chi connectivity index (χ2v) is 6.43. The molecule has 138 valence electrons. The molecule has 0 radical (unpaired) electrons. The van der Waals surface area contributed by atoms with Crippen LogP contribution in [0.1, 0.15) is 45.1 Å². The Labute approximate surface area is 155 Å². The van der Waals surface area contributed by atoms with Gasteiger partial charge in [0.2, 0.25) is 0 Å². The first-order valence-electron chi connectivity index (χ1n) is 8.68. The lowest BCUT2D eigenvalue weighted by Crippen LogP contribution is -2.50. The first kappa shape index (κ1) is 20.9. The van der Waals surface area contributed by atoms with E-state index < -0.39 is 11.8 Å². The number of carbonyl (C=O) groups is 2. The Morgan fingerprint density at radius 2 is 1.76 bits per heavy atom. The van der Waals surface area contributed by atoms with E-state index in [0.29, 0.717) is 16.7 Å². The average molecular weight is 365 g/mol. The lowest BCUT2D eigenvalue weighted by atomic mass is 9.99. The van der Waals surface area contributed by atoms with Crippen LogP contribution in [0, 0.1) is 12.8 Å². The number of rotatable bonds is 7. The number of nitrogens with one attached hydrogen (secondary N) is 4. The third-order valence-corrected chi connectivity index (χ3v) is 4.15. The molecule has 0 heterocycles. The van der Waals surface area contributed by atoms with Crippen LogP contribution in [-0.2, 0) is 9.59 Å². The maximum atomic E-state index is 11.8. The Kier molecular flexibility index (Phi) is 9.54. The van der Waals surface area contributed by atoms with Gasteiger partial charge in [0, 0.05) is 12.2 Å². The molecular weight excluding hydrogens is 336 g/mol. The number of anilines is 1. The molecule has 0 aliphatic rings. The van der Waals surface area contributed by atoms with Crippen molar-refractivity contribution in [3.63, 3.8) is 0 Å². The maximum Gasteiger partial charge on any atom is 0.328 e. The van der Waals surface area contributed by atoms with Gasteiger partial charge in [-0.05, 0) is 43.6 Å². The molecule has 1 atom stereocenters. The molecule has 7 heteroatoms. The highest BCUT2D eigenvalue weighted by Gasteiger charge is 2.14. The van der Waals surface area contributed by atoms with E-state index in [1.807, 2.05) is 19.1 Å². The fourth-order valence-electron chi connectivity index (χ4n) is 2.22. The minimum absolute atomic E-state index is 0.298. The van der Waals surface area contributed by atoms with Crippen LogP contribution >= 0.6 is 12.2 Å². The SMILES string of the molecule is CCCC[C@@H](CC)CNC(=S)NNC(=O)C(=O)Nc1ccc(C)cc1. The van der Waals surface area contributed by atoms with Gasteiger partial charge in [-0.15, -0.1) is 0 Å². The summed E-state index contributed by atoms with van der Waals surface area (Å²) >= 11 is 5.11. The molecule has 0 aliphatic carbocycles. The van der Waals surface area contributed by atoms with Crippen molar-refractivity contribution < 1.29 is 9.59 Å². The molecule has 4 N–H and O–H groups in total. The van der Waals surface area contributed by atoms with Crippen LogP contribution in [-0.4, -0.2) is 23.5 Å². The number of hydrogen-bond donors (Lipinski definition) is 4. The van der Waals surface area contributed by atoms with E-state index in [1.165, 1.54) is 12.8 Å². The lowest BCUT2D eigenvalue weighted by molar-refractivity contribution is -0.136. The fraction of sp³-hybridized carbons (Fsp3) is 0.500. The van der Waals surface area contributed by atoms with Crippen molar-refractivity contribution in [2.24, 2.45) is 5.92 Å². The molecular formula is C18H28N4O2S. The molecule has 1 aromatic rings. The van der Waals surface area contributed by atoms with Gasteiger partial charge in [0.15, 0.2) is 5.11 Å². The summed E-state index contributed by atoms with van der Waals surface area (Å²) in [5.74, 6) is -1.02. The van der Waals surface area contributed by atoms with Gasteiger partial charge >= 0.3 is 11.8 Å². The zero-order valence-electron chi connectivity index (χ0n) is 15.1. The van der Waals surface area contributed by atoms with Gasteiger partial charge in [-0.1, -0.05) is 50.8 Å². The smallest absolute Gasteiger partial charge is 0.328 e. The molecule has 0 unspecified atom stereocenters. The highest BCUT2D eigenvalue weighted by atomic mass is 32.1. The number of hydrogen-bond acceptors (Lipinski definition) is 3. The minimum atomic E-state index is -0.803. The summed E-state index contributed by atoms with van der Waals surface area (Å²) in [6.07, 6.45) is 4.58. The molecule has 0 aromatic heterocycles. The number of carbonyl (C=O) groups excluding carboxylic acids is 2. The topological polar surface area (TPSA) is 82.3 Å². The van der Waals surface area contributed by atoms with Crippen LogP contribution in [0.2, 0.25) is 0 Å². The van der Waals surface area contributed by atoms with Crippen molar-refractivity contribution in [3.05, 3.63) is 29.8 Å². The number of amides is 2. The van der Waals surface area contributed by atoms with E-state index >= 15 is 0 Å². The first-order chi connectivity index (χ1) is 12.0. The van der Waals surface area contributed by atoms with Gasteiger partial charge < -0.3 is 10.6 Å². The Morgan fingerprint density at radius 3 is 2.36 bits per heavy atom. The number of hydrazine groups is 1. The highest BCUT2D eigenvalue weighted by molar-refractivity contribution is 7.80. The van der Waals surface area contributed by atoms with Crippen LogP contribution < -0.4 is 21.5 Å². The van der Waals surface area contributed by atoms with Crippen molar-refractivity contribution in [3.8, 4) is 0 Å². The highest BCUT2D eigenvalue weighted by Crippen LogP contribution is 2.11. The van der Waals surface area contributed by atoms with E-state index in [1.54, 1.807) is 12.1 Å². The Hall–Kier alpha value is -2.15. The number of aryl methyl sites for hydroxylation is 1. The lowest BCUT2D eigenvalue weighted by Gasteiger charge is -2.17. The number of unbranched alkanes of at least 4 members (excludes halogenated alkanes) is 1. The van der Waals surface area contributed by atoms with E-state index in [0.717, 1.165) is 24.9 Å². The molecule has 25 heavy (non-hydrogen) atoms. The van der Waals surface area contributed by atoms with Crippen molar-refractivity contribution in [1.29, 1.82) is 0 Å². The van der Waals surface area contributed by atoms with Crippen LogP contribution in [0.4, 0.5) is 5.69 Å². The van der Waals surface area contributed by atoms with Crippen LogP contribution in [0.5, 0.6) is 0 Å². The molecule has 1 rings (SSSR count). The monoisotopic (exact) mass is 364 g/mol. The van der Waals surface area contributed by atoms with Crippen LogP contribution in [0.3, 0.4) is 0 Å². The van der Waals surface area contributed by atoms with Gasteiger partial charge in [0.1, 0.15) is 0 Å². The van der Waals surface area contributed by atoms with Crippen molar-refractivity contribution in [1.82, 2.24) is 16.2 Å². The molecule has 0 fully saturated rings. The Morgan fingerprint density at radius 1 is 1.08 bits per heavy atom. The maximum absolute atomic E-state index is 11.8. The third kappa shape index (κ3) is 8.49. The Bertz CT molecular complexity index is 575. The molecule has 0 saturated carbocycles. The molecule has 1 aromatic carbocycles. The van der Waals surface area contributed by atoms with Crippen molar-refractivity contribution in [2.75, 3.05) is 11.9 Å². The van der Waals surface area contributed by atoms with E-state index in [9.17, 15) is 9.59 Å². The summed E-state index contributed by atoms with van der Waals surface area (Å²) < 4.78 is 0. The summed E-state index contributed by atoms with van der Waals surface area (Å²) in [4.78, 5) is 23.6. The molecule has 2 amide bonds. The van der Waals surface area contributed by atoms with Gasteiger partial charge in [0.25, 0.3) is 0 Å². The van der Waals surface area contributed by atoms with Gasteiger partial charge in [-0.3, -0.25) is 20.4 Å². The Balaban J connectivity index is 2.30.